The monoisotopic (exact) mass is 267 g/mol. The van der Waals surface area contributed by atoms with Crippen LogP contribution in [-0.4, -0.2) is 15.0 Å². The number of nitrogens with one attached hydrogen (secondary N) is 1. The lowest BCUT2D eigenvalue weighted by Gasteiger charge is -2.08. The van der Waals surface area contributed by atoms with Crippen molar-refractivity contribution >= 4 is 23.1 Å². The van der Waals surface area contributed by atoms with Crippen LogP contribution in [-0.2, 0) is 0 Å². The summed E-state index contributed by atoms with van der Waals surface area (Å²) >= 11 is 5.28. The fourth-order valence-corrected chi connectivity index (χ4v) is 2.40. The summed E-state index contributed by atoms with van der Waals surface area (Å²) in [5, 5.41) is 1.12. The molecule has 0 aliphatic heterocycles. The van der Waals surface area contributed by atoms with Crippen LogP contribution in [0.4, 0.5) is 0 Å². The number of aromatic nitrogens is 3. The lowest BCUT2D eigenvalue weighted by atomic mass is 10.1. The van der Waals surface area contributed by atoms with Gasteiger partial charge in [-0.2, -0.15) is 0 Å². The highest BCUT2D eigenvalue weighted by molar-refractivity contribution is 7.71. The molecule has 1 aromatic carbocycles. The molecular weight excluding hydrogens is 254 g/mol. The van der Waals surface area contributed by atoms with E-state index in [-0.39, 0.29) is 0 Å². The maximum absolute atomic E-state index is 5.28. The molecule has 1 N–H and O–H groups in total. The molecule has 0 saturated heterocycles. The Labute approximate surface area is 116 Å². The summed E-state index contributed by atoms with van der Waals surface area (Å²) < 4.78 is 0.650. The van der Waals surface area contributed by atoms with Crippen LogP contribution in [0.2, 0.25) is 0 Å². The van der Waals surface area contributed by atoms with Crippen molar-refractivity contribution in [2.24, 2.45) is 0 Å². The van der Waals surface area contributed by atoms with Gasteiger partial charge in [-0.05, 0) is 37.6 Å². The molecule has 94 valence electrons. The average molecular weight is 267 g/mol. The molecule has 0 aliphatic rings. The van der Waals surface area contributed by atoms with E-state index in [0.29, 0.717) is 4.64 Å². The van der Waals surface area contributed by atoms with E-state index in [4.69, 9.17) is 12.2 Å². The van der Waals surface area contributed by atoms with Gasteiger partial charge in [0.05, 0.1) is 11.2 Å². The third-order valence-electron chi connectivity index (χ3n) is 3.16. The number of H-pyrrole nitrogens is 1. The SMILES string of the molecule is Cc1nc(=S)c(C)c(-c2ccc3ncccc3c2)[nH]1. The quantitative estimate of drug-likeness (QED) is 0.678. The largest absolute Gasteiger partial charge is 0.343 e. The Balaban J connectivity index is 2.27. The van der Waals surface area contributed by atoms with Crippen LogP contribution in [0.15, 0.2) is 36.5 Å². The zero-order valence-electron chi connectivity index (χ0n) is 10.8. The number of rotatable bonds is 1. The number of aryl methyl sites for hydroxylation is 1. The van der Waals surface area contributed by atoms with E-state index in [1.165, 1.54) is 0 Å². The molecule has 3 rings (SSSR count). The van der Waals surface area contributed by atoms with Gasteiger partial charge in [-0.1, -0.05) is 24.4 Å². The first-order valence-corrected chi connectivity index (χ1v) is 6.48. The van der Waals surface area contributed by atoms with Crippen LogP contribution < -0.4 is 0 Å². The van der Waals surface area contributed by atoms with Crippen LogP contribution in [0.25, 0.3) is 22.2 Å². The highest BCUT2D eigenvalue weighted by atomic mass is 32.1. The number of fused-ring (bicyclic) bond motifs is 1. The van der Waals surface area contributed by atoms with E-state index in [0.717, 1.165) is 33.5 Å². The van der Waals surface area contributed by atoms with Gasteiger partial charge in [0.1, 0.15) is 10.5 Å². The van der Waals surface area contributed by atoms with Crippen molar-refractivity contribution in [2.45, 2.75) is 13.8 Å². The van der Waals surface area contributed by atoms with Crippen LogP contribution in [0.3, 0.4) is 0 Å². The standard InChI is InChI=1S/C15H13N3S/c1-9-14(17-10(2)18-15(9)19)12-5-6-13-11(8-12)4-3-7-16-13/h3-8H,1-2H3,(H,17,18,19). The first kappa shape index (κ1) is 12.0. The Morgan fingerprint density at radius 3 is 2.84 bits per heavy atom. The average Bonchev–Trinajstić information content (AvgIpc) is 2.42. The van der Waals surface area contributed by atoms with Gasteiger partial charge < -0.3 is 4.98 Å². The summed E-state index contributed by atoms with van der Waals surface area (Å²) in [7, 11) is 0. The van der Waals surface area contributed by atoms with Crippen molar-refractivity contribution in [3.8, 4) is 11.3 Å². The molecule has 0 atom stereocenters. The second kappa shape index (κ2) is 4.55. The molecule has 0 aliphatic carbocycles. The smallest absolute Gasteiger partial charge is 0.133 e. The topological polar surface area (TPSA) is 41.6 Å². The molecule has 0 saturated carbocycles. The van der Waals surface area contributed by atoms with Crippen LogP contribution in [0.1, 0.15) is 11.4 Å². The maximum Gasteiger partial charge on any atom is 0.133 e. The molecule has 0 unspecified atom stereocenters. The van der Waals surface area contributed by atoms with Crippen molar-refractivity contribution in [3.63, 3.8) is 0 Å². The molecule has 2 heterocycles. The molecule has 0 spiro atoms. The molecule has 0 radical (unpaired) electrons. The van der Waals surface area contributed by atoms with Crippen LogP contribution in [0, 0.1) is 18.5 Å². The van der Waals surface area contributed by atoms with Gasteiger partial charge in [0.25, 0.3) is 0 Å². The molecule has 0 bridgehead atoms. The first-order valence-electron chi connectivity index (χ1n) is 6.08. The first-order chi connectivity index (χ1) is 9.15. The van der Waals surface area contributed by atoms with Crippen molar-refractivity contribution in [3.05, 3.63) is 52.6 Å². The third kappa shape index (κ3) is 2.15. The number of benzene rings is 1. The minimum Gasteiger partial charge on any atom is -0.343 e. The summed E-state index contributed by atoms with van der Waals surface area (Å²) in [4.78, 5) is 11.9. The van der Waals surface area contributed by atoms with Gasteiger partial charge in [0.15, 0.2) is 0 Å². The van der Waals surface area contributed by atoms with E-state index >= 15 is 0 Å². The molecule has 4 heteroatoms. The van der Waals surface area contributed by atoms with Gasteiger partial charge in [-0.15, -0.1) is 0 Å². The second-order valence-corrected chi connectivity index (χ2v) is 4.92. The third-order valence-corrected chi connectivity index (χ3v) is 3.56. The molecule has 3 aromatic rings. The van der Waals surface area contributed by atoms with E-state index in [2.05, 4.69) is 33.2 Å². The van der Waals surface area contributed by atoms with E-state index < -0.39 is 0 Å². The lowest BCUT2D eigenvalue weighted by molar-refractivity contribution is 1.02. The van der Waals surface area contributed by atoms with Crippen LogP contribution >= 0.6 is 12.2 Å². The number of hydrogen-bond acceptors (Lipinski definition) is 3. The predicted octanol–water partition coefficient (Wildman–Crippen LogP) is 3.97. The Morgan fingerprint density at radius 2 is 2.00 bits per heavy atom. The van der Waals surface area contributed by atoms with Gasteiger partial charge in [0.2, 0.25) is 0 Å². The zero-order chi connectivity index (χ0) is 13.4. The predicted molar refractivity (Wildman–Crippen MR) is 79.6 cm³/mol. The van der Waals surface area contributed by atoms with Crippen molar-refractivity contribution in [1.29, 1.82) is 0 Å². The zero-order valence-corrected chi connectivity index (χ0v) is 11.6. The maximum atomic E-state index is 5.28. The molecule has 2 aromatic heterocycles. The Morgan fingerprint density at radius 1 is 1.16 bits per heavy atom. The fraction of sp³-hybridized carbons (Fsp3) is 0.133. The number of pyridine rings is 1. The van der Waals surface area contributed by atoms with Gasteiger partial charge >= 0.3 is 0 Å². The van der Waals surface area contributed by atoms with Crippen molar-refractivity contribution in [2.75, 3.05) is 0 Å². The Bertz CT molecular complexity index is 821. The minimum absolute atomic E-state index is 0.650. The van der Waals surface area contributed by atoms with E-state index in [1.807, 2.05) is 26.0 Å². The normalized spacial score (nSPS) is 10.8. The molecule has 0 fully saturated rings. The molecular formula is C15H13N3S. The van der Waals surface area contributed by atoms with Gasteiger partial charge in [0, 0.05) is 17.1 Å². The van der Waals surface area contributed by atoms with Crippen molar-refractivity contribution in [1.82, 2.24) is 15.0 Å². The summed E-state index contributed by atoms with van der Waals surface area (Å²) in [6.45, 7) is 3.91. The summed E-state index contributed by atoms with van der Waals surface area (Å²) in [5.74, 6) is 0.830. The summed E-state index contributed by atoms with van der Waals surface area (Å²) in [6.07, 6.45) is 1.80. The highest BCUT2D eigenvalue weighted by Gasteiger charge is 2.06. The lowest BCUT2D eigenvalue weighted by Crippen LogP contribution is -1.96. The van der Waals surface area contributed by atoms with E-state index in [9.17, 15) is 0 Å². The summed E-state index contributed by atoms with van der Waals surface area (Å²) in [6, 6.07) is 10.2. The Kier molecular flexibility index (Phi) is 2.87. The fourth-order valence-electron chi connectivity index (χ4n) is 2.17. The second-order valence-electron chi connectivity index (χ2n) is 4.54. The number of hydrogen-bond donors (Lipinski definition) is 1. The number of nitrogens with zero attached hydrogens (tertiary/aromatic N) is 2. The van der Waals surface area contributed by atoms with E-state index in [1.54, 1.807) is 6.20 Å². The van der Waals surface area contributed by atoms with Gasteiger partial charge in [-0.3, -0.25) is 4.98 Å². The minimum atomic E-state index is 0.650. The summed E-state index contributed by atoms with van der Waals surface area (Å²) in [5.41, 5.74) is 4.13. The van der Waals surface area contributed by atoms with Gasteiger partial charge in [-0.25, -0.2) is 4.98 Å². The van der Waals surface area contributed by atoms with Crippen molar-refractivity contribution < 1.29 is 0 Å². The molecule has 0 amide bonds. The van der Waals surface area contributed by atoms with Crippen LogP contribution in [0.5, 0.6) is 0 Å². The molecule has 19 heavy (non-hydrogen) atoms. The number of aromatic amines is 1. The molecule has 3 nitrogen and oxygen atoms in total. The highest BCUT2D eigenvalue weighted by Crippen LogP contribution is 2.24. The Hall–Kier alpha value is -2.07.